The molecule has 0 aliphatic heterocycles. The average molecular weight is 468 g/mol. The van der Waals surface area contributed by atoms with E-state index in [0.29, 0.717) is 17.7 Å². The minimum absolute atomic E-state index is 0.00156. The molecule has 7 nitrogen and oxygen atoms in total. The Morgan fingerprint density at radius 1 is 1.03 bits per heavy atom. The van der Waals surface area contributed by atoms with Crippen LogP contribution in [0, 0.1) is 0 Å². The summed E-state index contributed by atoms with van der Waals surface area (Å²) in [7, 11) is 3.79. The molecule has 176 valence electrons. The van der Waals surface area contributed by atoms with E-state index in [1.165, 1.54) is 6.20 Å². The molecular formula is C24H23F3N6O. The molecule has 3 rings (SSSR count). The van der Waals surface area contributed by atoms with Crippen LogP contribution in [0.3, 0.4) is 0 Å². The van der Waals surface area contributed by atoms with E-state index in [9.17, 15) is 18.0 Å². The van der Waals surface area contributed by atoms with Gasteiger partial charge in [-0.2, -0.15) is 13.2 Å². The second-order valence-corrected chi connectivity index (χ2v) is 7.55. The van der Waals surface area contributed by atoms with Crippen molar-refractivity contribution in [2.45, 2.75) is 12.6 Å². The van der Waals surface area contributed by atoms with Gasteiger partial charge in [-0.25, -0.2) is 9.97 Å². The summed E-state index contributed by atoms with van der Waals surface area (Å²) < 4.78 is 38.4. The van der Waals surface area contributed by atoms with Crippen molar-refractivity contribution in [1.82, 2.24) is 19.9 Å². The Hall–Kier alpha value is -4.21. The van der Waals surface area contributed by atoms with Gasteiger partial charge in [0, 0.05) is 44.4 Å². The Morgan fingerprint density at radius 3 is 2.29 bits per heavy atom. The van der Waals surface area contributed by atoms with Gasteiger partial charge < -0.3 is 15.5 Å². The van der Waals surface area contributed by atoms with Crippen LogP contribution in [0.15, 0.2) is 79.7 Å². The molecule has 0 unspecified atom stereocenters. The number of alkyl halides is 3. The molecule has 0 spiro atoms. The molecule has 0 bridgehead atoms. The lowest BCUT2D eigenvalue weighted by molar-refractivity contribution is -0.137. The number of pyridine rings is 1. The molecule has 1 amide bonds. The van der Waals surface area contributed by atoms with E-state index < -0.39 is 17.6 Å². The molecule has 2 N–H and O–H groups in total. The van der Waals surface area contributed by atoms with Crippen molar-refractivity contribution in [3.8, 4) is 11.1 Å². The first-order valence-corrected chi connectivity index (χ1v) is 10.1. The monoisotopic (exact) mass is 468 g/mol. The van der Waals surface area contributed by atoms with Gasteiger partial charge in [-0.3, -0.25) is 9.78 Å². The quantitative estimate of drug-likeness (QED) is 0.465. The summed E-state index contributed by atoms with van der Waals surface area (Å²) in [5.41, 5.74) is 2.15. The summed E-state index contributed by atoms with van der Waals surface area (Å²) in [6.45, 7) is 3.75. The molecule has 0 atom stereocenters. The number of aromatic nitrogens is 3. The van der Waals surface area contributed by atoms with Crippen LogP contribution in [0.4, 0.5) is 24.8 Å². The summed E-state index contributed by atoms with van der Waals surface area (Å²) in [5, 5.41) is 5.51. The van der Waals surface area contributed by atoms with Crippen molar-refractivity contribution in [3.63, 3.8) is 0 Å². The van der Waals surface area contributed by atoms with Crippen molar-refractivity contribution < 1.29 is 18.0 Å². The topological polar surface area (TPSA) is 83.0 Å². The highest BCUT2D eigenvalue weighted by molar-refractivity contribution is 5.92. The van der Waals surface area contributed by atoms with Crippen LogP contribution >= 0.6 is 0 Å². The Kier molecular flexibility index (Phi) is 7.62. The summed E-state index contributed by atoms with van der Waals surface area (Å²) >= 11 is 0. The van der Waals surface area contributed by atoms with Crippen LogP contribution in [-0.4, -0.2) is 39.9 Å². The lowest BCUT2D eigenvalue weighted by atomic mass is 10.0. The molecule has 0 aliphatic rings. The number of allylic oxidation sites excluding steroid dienone is 1. The molecule has 1 aromatic carbocycles. The zero-order chi connectivity index (χ0) is 24.7. The highest BCUT2D eigenvalue weighted by Crippen LogP contribution is 2.30. The third-order valence-corrected chi connectivity index (χ3v) is 4.53. The molecule has 0 saturated heterocycles. The van der Waals surface area contributed by atoms with Gasteiger partial charge in [0.1, 0.15) is 0 Å². The van der Waals surface area contributed by atoms with Gasteiger partial charge in [-0.05, 0) is 23.3 Å². The molecule has 3 aromatic rings. The molecule has 2 heterocycles. The van der Waals surface area contributed by atoms with Crippen LogP contribution in [0.2, 0.25) is 0 Å². The smallest absolute Gasteiger partial charge is 0.382 e. The number of amides is 1. The second-order valence-electron chi connectivity index (χ2n) is 7.55. The minimum atomic E-state index is -4.53. The Labute approximate surface area is 195 Å². The maximum atomic E-state index is 12.8. The molecule has 0 fully saturated rings. The lowest BCUT2D eigenvalue weighted by Crippen LogP contribution is -2.15. The first kappa shape index (κ1) is 24.4. The molecule has 0 saturated carbocycles. The molecule has 2 aromatic heterocycles. The Morgan fingerprint density at radius 2 is 1.71 bits per heavy atom. The van der Waals surface area contributed by atoms with Gasteiger partial charge in [-0.1, -0.05) is 30.8 Å². The van der Waals surface area contributed by atoms with Crippen LogP contribution < -0.4 is 10.6 Å². The highest BCUT2D eigenvalue weighted by atomic mass is 19.4. The summed E-state index contributed by atoms with van der Waals surface area (Å²) in [5.74, 6) is -0.0226. The maximum Gasteiger partial charge on any atom is 0.417 e. The number of rotatable bonds is 8. The summed E-state index contributed by atoms with van der Waals surface area (Å²) in [4.78, 5) is 26.3. The fraction of sp³-hybridized carbons (Fsp3) is 0.167. The predicted molar refractivity (Wildman–Crippen MR) is 125 cm³/mol. The number of nitrogens with one attached hydrogen (secondary N) is 2. The number of benzene rings is 1. The Balaban J connectivity index is 1.62. The van der Waals surface area contributed by atoms with Gasteiger partial charge in [0.15, 0.2) is 0 Å². The van der Waals surface area contributed by atoms with E-state index in [1.54, 1.807) is 30.6 Å². The highest BCUT2D eigenvalue weighted by Gasteiger charge is 2.31. The van der Waals surface area contributed by atoms with Gasteiger partial charge in [0.25, 0.3) is 0 Å². The van der Waals surface area contributed by atoms with Crippen molar-refractivity contribution in [3.05, 3.63) is 90.8 Å². The first-order chi connectivity index (χ1) is 16.1. The SMILES string of the molecule is C=C/C(=C\N(C)C)Nc1ncc(-c2ccc(CC(=O)Nc3cncc(C(F)(F)F)c3)cc2)cn1. The molecular weight excluding hydrogens is 445 g/mol. The van der Waals surface area contributed by atoms with Crippen molar-refractivity contribution in [1.29, 1.82) is 0 Å². The van der Waals surface area contributed by atoms with Crippen LogP contribution in [0.5, 0.6) is 0 Å². The van der Waals surface area contributed by atoms with E-state index in [-0.39, 0.29) is 12.1 Å². The second kappa shape index (κ2) is 10.6. The van der Waals surface area contributed by atoms with Crippen LogP contribution in [-0.2, 0) is 17.4 Å². The van der Waals surface area contributed by atoms with E-state index in [4.69, 9.17) is 0 Å². The minimum Gasteiger partial charge on any atom is -0.382 e. The van der Waals surface area contributed by atoms with Crippen LogP contribution in [0.25, 0.3) is 11.1 Å². The van der Waals surface area contributed by atoms with Crippen molar-refractivity contribution in [2.75, 3.05) is 24.7 Å². The number of anilines is 2. The van der Waals surface area contributed by atoms with E-state index in [0.717, 1.165) is 22.9 Å². The molecule has 10 heteroatoms. The number of nitrogens with zero attached hydrogens (tertiary/aromatic N) is 4. The van der Waals surface area contributed by atoms with Gasteiger partial charge in [0.2, 0.25) is 11.9 Å². The normalized spacial score (nSPS) is 11.6. The fourth-order valence-corrected chi connectivity index (χ4v) is 2.95. The molecule has 0 aliphatic carbocycles. The number of halogens is 3. The van der Waals surface area contributed by atoms with Crippen molar-refractivity contribution in [2.24, 2.45) is 0 Å². The third-order valence-electron chi connectivity index (χ3n) is 4.53. The number of carbonyl (C=O) groups is 1. The van der Waals surface area contributed by atoms with E-state index in [1.807, 2.05) is 37.3 Å². The number of hydrogen-bond acceptors (Lipinski definition) is 6. The van der Waals surface area contributed by atoms with Gasteiger partial charge in [0.05, 0.1) is 29.6 Å². The van der Waals surface area contributed by atoms with E-state index in [2.05, 4.69) is 32.2 Å². The van der Waals surface area contributed by atoms with Gasteiger partial charge in [-0.15, -0.1) is 0 Å². The van der Waals surface area contributed by atoms with Crippen LogP contribution in [0.1, 0.15) is 11.1 Å². The summed E-state index contributed by atoms with van der Waals surface area (Å²) in [6, 6.07) is 8.02. The van der Waals surface area contributed by atoms with Crippen molar-refractivity contribution >= 4 is 17.5 Å². The number of carbonyl (C=O) groups excluding carboxylic acids is 1. The molecule has 34 heavy (non-hydrogen) atoms. The van der Waals surface area contributed by atoms with Gasteiger partial charge >= 0.3 is 6.18 Å². The average Bonchev–Trinajstić information content (AvgIpc) is 2.79. The molecule has 0 radical (unpaired) electrons. The lowest BCUT2D eigenvalue weighted by Gasteiger charge is -2.10. The Bertz CT molecular complexity index is 1170. The zero-order valence-electron chi connectivity index (χ0n) is 18.6. The third kappa shape index (κ3) is 6.89. The summed E-state index contributed by atoms with van der Waals surface area (Å²) in [6.07, 6.45) is 4.21. The van der Waals surface area contributed by atoms with E-state index >= 15 is 0 Å². The fourth-order valence-electron chi connectivity index (χ4n) is 2.95. The first-order valence-electron chi connectivity index (χ1n) is 10.1. The standard InChI is InChI=1S/C24H23F3N6O/c1-4-20(15-33(2)3)32-23-29-11-18(12-30-23)17-7-5-16(6-8-17)9-22(34)31-21-10-19(13-28-14-21)24(25,26)27/h4-8,10-15H,1,9H2,2-3H3,(H,31,34)(H,29,30,32)/b20-15+. The predicted octanol–water partition coefficient (Wildman–Crippen LogP) is 4.74. The maximum absolute atomic E-state index is 12.8. The zero-order valence-corrected chi connectivity index (χ0v) is 18.6. The number of hydrogen-bond donors (Lipinski definition) is 2. The largest absolute Gasteiger partial charge is 0.417 e.